The molecule has 0 spiro atoms. The first-order valence-electron chi connectivity index (χ1n) is 6.53. The number of nitrogens with one attached hydrogen (secondary N) is 1. The summed E-state index contributed by atoms with van der Waals surface area (Å²) in [5.41, 5.74) is 2.77. The van der Waals surface area contributed by atoms with Crippen LogP contribution >= 0.6 is 0 Å². The standard InChI is InChI=1S/C15H25NO/c1-13-9-5-6-10-15(13)14(2)16-11-7-4-8-12-17-3/h5-6,9-10,14,16H,4,7-8,11-12H2,1-3H3. The van der Waals surface area contributed by atoms with Crippen LogP contribution in [0.1, 0.15) is 43.4 Å². The average Bonchev–Trinajstić information content (AvgIpc) is 2.34. The lowest BCUT2D eigenvalue weighted by Gasteiger charge is -2.16. The fourth-order valence-electron chi connectivity index (χ4n) is 2.05. The van der Waals surface area contributed by atoms with Crippen molar-refractivity contribution >= 4 is 0 Å². The second-order valence-electron chi connectivity index (χ2n) is 4.59. The second-order valence-corrected chi connectivity index (χ2v) is 4.59. The molecule has 0 saturated heterocycles. The van der Waals surface area contributed by atoms with Crippen molar-refractivity contribution in [2.75, 3.05) is 20.3 Å². The molecule has 1 aromatic carbocycles. The summed E-state index contributed by atoms with van der Waals surface area (Å²) >= 11 is 0. The molecule has 2 nitrogen and oxygen atoms in total. The summed E-state index contributed by atoms with van der Waals surface area (Å²) in [5, 5.41) is 3.58. The van der Waals surface area contributed by atoms with Crippen LogP contribution in [0, 0.1) is 6.92 Å². The Morgan fingerprint density at radius 3 is 2.65 bits per heavy atom. The van der Waals surface area contributed by atoms with E-state index in [2.05, 4.69) is 43.4 Å². The molecule has 17 heavy (non-hydrogen) atoms. The Kier molecular flexibility index (Phi) is 6.90. The zero-order valence-electron chi connectivity index (χ0n) is 11.3. The van der Waals surface area contributed by atoms with Crippen LogP contribution in [-0.2, 0) is 4.74 Å². The first-order valence-corrected chi connectivity index (χ1v) is 6.53. The molecule has 96 valence electrons. The predicted octanol–water partition coefficient (Wildman–Crippen LogP) is 3.46. The van der Waals surface area contributed by atoms with Gasteiger partial charge in [0.25, 0.3) is 0 Å². The van der Waals surface area contributed by atoms with Gasteiger partial charge in [0.1, 0.15) is 0 Å². The summed E-state index contributed by atoms with van der Waals surface area (Å²) in [6.07, 6.45) is 3.62. The minimum Gasteiger partial charge on any atom is -0.385 e. The van der Waals surface area contributed by atoms with Crippen LogP contribution in [0.4, 0.5) is 0 Å². The van der Waals surface area contributed by atoms with E-state index in [0.717, 1.165) is 19.6 Å². The molecule has 0 radical (unpaired) electrons. The van der Waals surface area contributed by atoms with Gasteiger partial charge in [0, 0.05) is 19.8 Å². The van der Waals surface area contributed by atoms with E-state index in [1.165, 1.54) is 24.0 Å². The number of hydrogen-bond acceptors (Lipinski definition) is 2. The summed E-state index contributed by atoms with van der Waals surface area (Å²) in [6.45, 7) is 6.37. The van der Waals surface area contributed by atoms with Crippen LogP contribution in [0.2, 0.25) is 0 Å². The van der Waals surface area contributed by atoms with E-state index in [1.54, 1.807) is 7.11 Å². The molecule has 0 bridgehead atoms. The third-order valence-electron chi connectivity index (χ3n) is 3.13. The molecule has 1 atom stereocenters. The third kappa shape index (κ3) is 5.33. The molecular formula is C15H25NO. The maximum atomic E-state index is 5.03. The quantitative estimate of drug-likeness (QED) is 0.697. The van der Waals surface area contributed by atoms with Gasteiger partial charge in [-0.3, -0.25) is 0 Å². The molecule has 1 aromatic rings. The highest BCUT2D eigenvalue weighted by atomic mass is 16.5. The number of benzene rings is 1. The Morgan fingerprint density at radius 2 is 1.94 bits per heavy atom. The van der Waals surface area contributed by atoms with E-state index in [4.69, 9.17) is 4.74 Å². The molecule has 0 amide bonds. The van der Waals surface area contributed by atoms with E-state index < -0.39 is 0 Å². The fraction of sp³-hybridized carbons (Fsp3) is 0.600. The van der Waals surface area contributed by atoms with Crippen molar-refractivity contribution in [3.63, 3.8) is 0 Å². The van der Waals surface area contributed by atoms with Crippen molar-refractivity contribution in [2.45, 2.75) is 39.2 Å². The number of ether oxygens (including phenoxy) is 1. The van der Waals surface area contributed by atoms with E-state index >= 15 is 0 Å². The molecule has 0 aliphatic carbocycles. The average molecular weight is 235 g/mol. The Labute approximate surface area is 105 Å². The lowest BCUT2D eigenvalue weighted by Crippen LogP contribution is -2.20. The van der Waals surface area contributed by atoms with E-state index in [9.17, 15) is 0 Å². The Bertz CT molecular complexity index is 312. The normalized spacial score (nSPS) is 12.6. The molecular weight excluding hydrogens is 210 g/mol. The number of methoxy groups -OCH3 is 1. The van der Waals surface area contributed by atoms with Crippen molar-refractivity contribution in [1.29, 1.82) is 0 Å². The Morgan fingerprint density at radius 1 is 1.18 bits per heavy atom. The van der Waals surface area contributed by atoms with Gasteiger partial charge in [-0.05, 0) is 50.8 Å². The molecule has 0 saturated carbocycles. The SMILES string of the molecule is COCCCCCNC(C)c1ccccc1C. The van der Waals surface area contributed by atoms with E-state index in [-0.39, 0.29) is 0 Å². The molecule has 1 unspecified atom stereocenters. The number of rotatable bonds is 8. The monoisotopic (exact) mass is 235 g/mol. The largest absolute Gasteiger partial charge is 0.385 e. The lowest BCUT2D eigenvalue weighted by molar-refractivity contribution is 0.192. The molecule has 0 heterocycles. The highest BCUT2D eigenvalue weighted by Gasteiger charge is 2.05. The van der Waals surface area contributed by atoms with Gasteiger partial charge in [-0.1, -0.05) is 24.3 Å². The molecule has 0 aromatic heterocycles. The molecule has 1 rings (SSSR count). The van der Waals surface area contributed by atoms with Gasteiger partial charge >= 0.3 is 0 Å². The van der Waals surface area contributed by atoms with Gasteiger partial charge in [-0.15, -0.1) is 0 Å². The van der Waals surface area contributed by atoms with Crippen LogP contribution in [0.3, 0.4) is 0 Å². The second kappa shape index (κ2) is 8.26. The summed E-state index contributed by atoms with van der Waals surface area (Å²) in [4.78, 5) is 0. The highest BCUT2D eigenvalue weighted by Crippen LogP contribution is 2.16. The summed E-state index contributed by atoms with van der Waals surface area (Å²) in [6, 6.07) is 9.03. The Balaban J connectivity index is 2.21. The molecule has 0 aliphatic heterocycles. The minimum absolute atomic E-state index is 0.443. The highest BCUT2D eigenvalue weighted by molar-refractivity contribution is 5.28. The van der Waals surface area contributed by atoms with Crippen LogP contribution < -0.4 is 5.32 Å². The van der Waals surface area contributed by atoms with Crippen molar-refractivity contribution in [3.8, 4) is 0 Å². The zero-order chi connectivity index (χ0) is 12.5. The van der Waals surface area contributed by atoms with Gasteiger partial charge in [-0.2, -0.15) is 0 Å². The maximum absolute atomic E-state index is 5.03. The van der Waals surface area contributed by atoms with Crippen molar-refractivity contribution in [1.82, 2.24) is 5.32 Å². The lowest BCUT2D eigenvalue weighted by atomic mass is 10.0. The van der Waals surface area contributed by atoms with E-state index in [0.29, 0.717) is 6.04 Å². The summed E-state index contributed by atoms with van der Waals surface area (Å²) < 4.78 is 5.03. The van der Waals surface area contributed by atoms with Gasteiger partial charge in [0.15, 0.2) is 0 Å². The van der Waals surface area contributed by atoms with Gasteiger partial charge < -0.3 is 10.1 Å². The van der Waals surface area contributed by atoms with E-state index in [1.807, 2.05) is 0 Å². The van der Waals surface area contributed by atoms with Crippen LogP contribution in [0.25, 0.3) is 0 Å². The third-order valence-corrected chi connectivity index (χ3v) is 3.13. The number of aryl methyl sites for hydroxylation is 1. The van der Waals surface area contributed by atoms with Crippen molar-refractivity contribution in [2.24, 2.45) is 0 Å². The first kappa shape index (κ1) is 14.2. The number of hydrogen-bond donors (Lipinski definition) is 1. The van der Waals surface area contributed by atoms with Gasteiger partial charge in [0.05, 0.1) is 0 Å². The van der Waals surface area contributed by atoms with Crippen LogP contribution in [0.5, 0.6) is 0 Å². The molecule has 2 heteroatoms. The summed E-state index contributed by atoms with van der Waals surface area (Å²) in [7, 11) is 1.76. The topological polar surface area (TPSA) is 21.3 Å². The first-order chi connectivity index (χ1) is 8.25. The predicted molar refractivity (Wildman–Crippen MR) is 73.3 cm³/mol. The van der Waals surface area contributed by atoms with Gasteiger partial charge in [-0.25, -0.2) is 0 Å². The maximum Gasteiger partial charge on any atom is 0.0462 e. The number of unbranched alkanes of at least 4 members (excludes halogenated alkanes) is 2. The van der Waals surface area contributed by atoms with Gasteiger partial charge in [0.2, 0.25) is 0 Å². The zero-order valence-corrected chi connectivity index (χ0v) is 11.3. The molecule has 1 N–H and O–H groups in total. The Hall–Kier alpha value is -0.860. The smallest absolute Gasteiger partial charge is 0.0462 e. The minimum atomic E-state index is 0.443. The van der Waals surface area contributed by atoms with Crippen molar-refractivity contribution in [3.05, 3.63) is 35.4 Å². The van der Waals surface area contributed by atoms with Crippen LogP contribution in [0.15, 0.2) is 24.3 Å². The molecule has 0 aliphatic rings. The van der Waals surface area contributed by atoms with Crippen LogP contribution in [-0.4, -0.2) is 20.3 Å². The summed E-state index contributed by atoms with van der Waals surface area (Å²) in [5.74, 6) is 0. The van der Waals surface area contributed by atoms with Crippen molar-refractivity contribution < 1.29 is 4.74 Å². The fourth-order valence-corrected chi connectivity index (χ4v) is 2.05. The molecule has 0 fully saturated rings.